The molecule has 1 aliphatic heterocycles. The molecule has 4 nitrogen and oxygen atoms in total. The Hall–Kier alpha value is -0.320. The molecule has 0 aromatic carbocycles. The zero-order valence-corrected chi connectivity index (χ0v) is 7.69. The lowest BCUT2D eigenvalue weighted by atomic mass is 10.3. The molecule has 5 heteroatoms. The highest BCUT2D eigenvalue weighted by Crippen LogP contribution is 2.16. The quantitative estimate of drug-likeness (QED) is 0.647. The van der Waals surface area contributed by atoms with E-state index in [1.807, 2.05) is 0 Å². The van der Waals surface area contributed by atoms with Crippen LogP contribution in [0, 0.1) is 0 Å². The van der Waals surface area contributed by atoms with Crippen molar-refractivity contribution in [2.45, 2.75) is 12.7 Å². The highest BCUT2D eigenvalue weighted by Gasteiger charge is 2.30. The summed E-state index contributed by atoms with van der Waals surface area (Å²) in [6.45, 7) is 3.29. The Balaban J connectivity index is 2.25. The third kappa shape index (κ3) is 2.62. The van der Waals surface area contributed by atoms with Crippen LogP contribution in [0.5, 0.6) is 0 Å². The number of hydrogen-bond acceptors (Lipinski definition) is 3. The Labute approximate surface area is 76.2 Å². The van der Waals surface area contributed by atoms with Gasteiger partial charge in [0.05, 0.1) is 19.8 Å². The molecule has 0 atom stereocenters. The van der Waals surface area contributed by atoms with Gasteiger partial charge in [-0.2, -0.15) is 0 Å². The summed E-state index contributed by atoms with van der Waals surface area (Å²) < 4.78 is 10.5. The second-order valence-electron chi connectivity index (χ2n) is 2.74. The van der Waals surface area contributed by atoms with E-state index in [4.69, 9.17) is 21.1 Å². The Bertz CT molecular complexity index is 168. The molecule has 1 rings (SSSR count). The molecule has 0 spiro atoms. The standard InChI is InChI=1S/C7H12ClNO3/c1-7(11-2-3-12-7)5-9-6(10)4-8/h2-5H2,1H3,(H,9,10). The summed E-state index contributed by atoms with van der Waals surface area (Å²) in [5, 5.41) is 2.59. The van der Waals surface area contributed by atoms with Crippen LogP contribution >= 0.6 is 11.6 Å². The molecular weight excluding hydrogens is 182 g/mol. The molecular formula is C7H12ClNO3. The van der Waals surface area contributed by atoms with E-state index in [-0.39, 0.29) is 11.8 Å². The fraction of sp³-hybridized carbons (Fsp3) is 0.857. The molecule has 0 aliphatic carbocycles. The minimum Gasteiger partial charge on any atom is -0.350 e. The number of carbonyl (C=O) groups is 1. The van der Waals surface area contributed by atoms with Gasteiger partial charge in [0.15, 0.2) is 5.79 Å². The van der Waals surface area contributed by atoms with Crippen LogP contribution in [0.2, 0.25) is 0 Å². The molecule has 1 saturated heterocycles. The molecule has 0 saturated carbocycles. The van der Waals surface area contributed by atoms with Crippen molar-refractivity contribution in [1.82, 2.24) is 5.32 Å². The summed E-state index contributed by atoms with van der Waals surface area (Å²) in [6, 6.07) is 0. The molecule has 0 bridgehead atoms. The second kappa shape index (κ2) is 4.07. The predicted molar refractivity (Wildman–Crippen MR) is 44.0 cm³/mol. The van der Waals surface area contributed by atoms with Crippen LogP contribution in [0.3, 0.4) is 0 Å². The topological polar surface area (TPSA) is 47.6 Å². The van der Waals surface area contributed by atoms with E-state index in [1.165, 1.54) is 0 Å². The van der Waals surface area contributed by atoms with Crippen molar-refractivity contribution in [3.8, 4) is 0 Å². The Morgan fingerprint density at radius 3 is 2.67 bits per heavy atom. The number of hydrogen-bond donors (Lipinski definition) is 1. The largest absolute Gasteiger partial charge is 0.350 e. The molecule has 1 N–H and O–H groups in total. The van der Waals surface area contributed by atoms with Crippen LogP contribution in [0.15, 0.2) is 0 Å². The lowest BCUT2D eigenvalue weighted by molar-refractivity contribution is -0.144. The van der Waals surface area contributed by atoms with E-state index < -0.39 is 5.79 Å². The number of nitrogens with one attached hydrogen (secondary N) is 1. The molecule has 1 aliphatic rings. The maximum atomic E-state index is 10.8. The van der Waals surface area contributed by atoms with Crippen LogP contribution in [0.4, 0.5) is 0 Å². The molecule has 0 aromatic heterocycles. The first-order valence-corrected chi connectivity index (χ1v) is 4.30. The first kappa shape index (κ1) is 9.77. The highest BCUT2D eigenvalue weighted by atomic mass is 35.5. The highest BCUT2D eigenvalue weighted by molar-refractivity contribution is 6.27. The minimum absolute atomic E-state index is 0.0317. The maximum Gasteiger partial charge on any atom is 0.235 e. The fourth-order valence-electron chi connectivity index (χ4n) is 0.965. The third-order valence-electron chi connectivity index (χ3n) is 1.63. The van der Waals surface area contributed by atoms with Crippen LogP contribution < -0.4 is 5.32 Å². The molecule has 0 aromatic rings. The minimum atomic E-state index is -0.665. The van der Waals surface area contributed by atoms with Crippen LogP contribution in [0.25, 0.3) is 0 Å². The van der Waals surface area contributed by atoms with E-state index in [2.05, 4.69) is 5.32 Å². The van der Waals surface area contributed by atoms with Crippen molar-refractivity contribution >= 4 is 17.5 Å². The molecule has 0 unspecified atom stereocenters. The molecule has 0 radical (unpaired) electrons. The van der Waals surface area contributed by atoms with E-state index in [9.17, 15) is 4.79 Å². The lowest BCUT2D eigenvalue weighted by Crippen LogP contribution is -2.41. The first-order chi connectivity index (χ1) is 5.66. The van der Waals surface area contributed by atoms with Crippen LogP contribution in [0.1, 0.15) is 6.92 Å². The van der Waals surface area contributed by atoms with Crippen LogP contribution in [-0.2, 0) is 14.3 Å². The lowest BCUT2D eigenvalue weighted by Gasteiger charge is -2.22. The van der Waals surface area contributed by atoms with Gasteiger partial charge in [-0.3, -0.25) is 4.79 Å². The number of rotatable bonds is 3. The van der Waals surface area contributed by atoms with E-state index >= 15 is 0 Å². The van der Waals surface area contributed by atoms with E-state index in [1.54, 1.807) is 6.92 Å². The van der Waals surface area contributed by atoms with Gasteiger partial charge in [-0.05, 0) is 6.92 Å². The van der Waals surface area contributed by atoms with E-state index in [0.717, 1.165) is 0 Å². The molecule has 1 heterocycles. The average Bonchev–Trinajstić information content (AvgIpc) is 2.49. The third-order valence-corrected chi connectivity index (χ3v) is 1.87. The molecule has 1 fully saturated rings. The number of alkyl halides is 1. The van der Waals surface area contributed by atoms with Gasteiger partial charge in [0.25, 0.3) is 0 Å². The van der Waals surface area contributed by atoms with Gasteiger partial charge in [0, 0.05) is 0 Å². The summed E-state index contributed by atoms with van der Waals surface area (Å²) in [4.78, 5) is 10.8. The van der Waals surface area contributed by atoms with Crippen LogP contribution in [-0.4, -0.2) is 37.3 Å². The summed E-state index contributed by atoms with van der Waals surface area (Å²) in [5.41, 5.74) is 0. The van der Waals surface area contributed by atoms with Gasteiger partial charge < -0.3 is 14.8 Å². The molecule has 12 heavy (non-hydrogen) atoms. The van der Waals surface area contributed by atoms with Gasteiger partial charge in [-0.25, -0.2) is 0 Å². The van der Waals surface area contributed by atoms with E-state index in [0.29, 0.717) is 19.8 Å². The SMILES string of the molecule is CC1(CNC(=O)CCl)OCCO1. The zero-order valence-electron chi connectivity index (χ0n) is 6.93. The average molecular weight is 194 g/mol. The summed E-state index contributed by atoms with van der Waals surface area (Å²) >= 11 is 5.29. The van der Waals surface area contributed by atoms with Gasteiger partial charge in [0.1, 0.15) is 5.88 Å². The smallest absolute Gasteiger partial charge is 0.235 e. The van der Waals surface area contributed by atoms with Crippen molar-refractivity contribution in [2.75, 3.05) is 25.6 Å². The summed E-state index contributed by atoms with van der Waals surface area (Å²) in [5.74, 6) is -0.908. The Morgan fingerprint density at radius 1 is 1.58 bits per heavy atom. The van der Waals surface area contributed by atoms with Crippen molar-refractivity contribution in [1.29, 1.82) is 0 Å². The predicted octanol–water partition coefficient (Wildman–Crippen LogP) is 0.104. The first-order valence-electron chi connectivity index (χ1n) is 3.77. The van der Waals surface area contributed by atoms with Gasteiger partial charge in [-0.15, -0.1) is 11.6 Å². The second-order valence-corrected chi connectivity index (χ2v) is 3.01. The summed E-state index contributed by atoms with van der Waals surface area (Å²) in [6.07, 6.45) is 0. The normalized spacial score (nSPS) is 20.8. The summed E-state index contributed by atoms with van der Waals surface area (Å²) in [7, 11) is 0. The Kier molecular flexibility index (Phi) is 3.31. The van der Waals surface area contributed by atoms with Gasteiger partial charge >= 0.3 is 0 Å². The number of halogens is 1. The van der Waals surface area contributed by atoms with Gasteiger partial charge in [0.2, 0.25) is 5.91 Å². The van der Waals surface area contributed by atoms with Crippen molar-refractivity contribution in [3.05, 3.63) is 0 Å². The maximum absolute atomic E-state index is 10.8. The molecule has 70 valence electrons. The van der Waals surface area contributed by atoms with Crippen molar-refractivity contribution < 1.29 is 14.3 Å². The number of ether oxygens (including phenoxy) is 2. The number of carbonyl (C=O) groups excluding carboxylic acids is 1. The number of amides is 1. The Morgan fingerprint density at radius 2 is 2.17 bits per heavy atom. The zero-order chi connectivity index (χ0) is 9.03. The molecule has 1 amide bonds. The van der Waals surface area contributed by atoms with Gasteiger partial charge in [-0.1, -0.05) is 0 Å². The van der Waals surface area contributed by atoms with Crippen molar-refractivity contribution in [2.24, 2.45) is 0 Å². The monoisotopic (exact) mass is 193 g/mol. The van der Waals surface area contributed by atoms with Crippen molar-refractivity contribution in [3.63, 3.8) is 0 Å². The fourth-order valence-corrected chi connectivity index (χ4v) is 1.06.